The molecule has 1 aliphatic rings. The number of hydrogen-bond donors (Lipinski definition) is 0. The van der Waals surface area contributed by atoms with Crippen molar-refractivity contribution in [1.82, 2.24) is 9.55 Å². The summed E-state index contributed by atoms with van der Waals surface area (Å²) in [4.78, 5) is 19.9. The van der Waals surface area contributed by atoms with Crippen LogP contribution in [0.25, 0.3) is 15.9 Å². The minimum absolute atomic E-state index is 0.0450. The van der Waals surface area contributed by atoms with Crippen molar-refractivity contribution >= 4 is 21.6 Å². The Labute approximate surface area is 144 Å². The van der Waals surface area contributed by atoms with Crippen molar-refractivity contribution in [2.24, 2.45) is 0 Å². The first-order valence-electron chi connectivity index (χ1n) is 8.53. The van der Waals surface area contributed by atoms with Gasteiger partial charge in [-0.2, -0.15) is 0 Å². The van der Waals surface area contributed by atoms with E-state index in [1.54, 1.807) is 22.2 Å². The highest BCUT2D eigenvalue weighted by molar-refractivity contribution is 7.18. The summed E-state index contributed by atoms with van der Waals surface area (Å²) in [5.74, 6) is 0.813. The smallest absolute Gasteiger partial charge is 0.266 e. The van der Waals surface area contributed by atoms with Crippen LogP contribution < -0.4 is 10.3 Å². The number of nitrogens with zero attached hydrogens (tertiary/aromatic N) is 2. The molecule has 0 amide bonds. The molecule has 0 saturated carbocycles. The highest BCUT2D eigenvalue weighted by Crippen LogP contribution is 2.32. The van der Waals surface area contributed by atoms with Gasteiger partial charge in [-0.1, -0.05) is 6.42 Å². The van der Waals surface area contributed by atoms with Crippen molar-refractivity contribution in [2.45, 2.75) is 39.0 Å². The summed E-state index contributed by atoms with van der Waals surface area (Å²) >= 11 is 1.70. The van der Waals surface area contributed by atoms with Gasteiger partial charge in [-0.15, -0.1) is 11.3 Å². The van der Waals surface area contributed by atoms with Gasteiger partial charge in [-0.3, -0.25) is 9.36 Å². The Balaban J connectivity index is 1.83. The molecule has 1 aromatic carbocycles. The average molecular weight is 340 g/mol. The maximum atomic E-state index is 13.1. The lowest BCUT2D eigenvalue weighted by Gasteiger charge is -2.08. The molecule has 4 rings (SSSR count). The summed E-state index contributed by atoms with van der Waals surface area (Å²) in [5, 5.41) is 0.827. The van der Waals surface area contributed by atoms with E-state index in [9.17, 15) is 4.79 Å². The molecule has 0 bridgehead atoms. The third-order valence-corrected chi connectivity index (χ3v) is 5.75. The minimum atomic E-state index is 0.0450. The van der Waals surface area contributed by atoms with Crippen LogP contribution in [0.1, 0.15) is 36.6 Å². The maximum Gasteiger partial charge on any atom is 0.266 e. The third-order valence-electron chi connectivity index (χ3n) is 4.55. The number of aromatic nitrogens is 2. The van der Waals surface area contributed by atoms with E-state index in [2.05, 4.69) is 4.98 Å². The lowest BCUT2D eigenvalue weighted by molar-refractivity contribution is 0.340. The van der Waals surface area contributed by atoms with Crippen LogP contribution in [0, 0.1) is 0 Å². The standard InChI is InChI=1S/C19H20N2O2S/c1-2-23-14-10-8-13(9-11-14)21-12-20-18-17(19(21)22)15-6-4-3-5-7-16(15)24-18/h8-12H,2-7H2,1H3. The highest BCUT2D eigenvalue weighted by atomic mass is 32.1. The van der Waals surface area contributed by atoms with Gasteiger partial charge in [0.2, 0.25) is 0 Å². The predicted octanol–water partition coefficient (Wildman–Crippen LogP) is 4.11. The number of rotatable bonds is 3. The van der Waals surface area contributed by atoms with Crippen LogP contribution in [0.2, 0.25) is 0 Å². The van der Waals surface area contributed by atoms with Crippen LogP contribution in [0.3, 0.4) is 0 Å². The molecule has 0 fully saturated rings. The van der Waals surface area contributed by atoms with Gasteiger partial charge in [0.15, 0.2) is 0 Å². The van der Waals surface area contributed by atoms with Gasteiger partial charge in [-0.25, -0.2) is 4.98 Å². The number of benzene rings is 1. The minimum Gasteiger partial charge on any atom is -0.494 e. The fourth-order valence-corrected chi connectivity index (χ4v) is 4.60. The van der Waals surface area contributed by atoms with Crippen LogP contribution in [0.5, 0.6) is 5.75 Å². The zero-order valence-corrected chi connectivity index (χ0v) is 14.6. The summed E-state index contributed by atoms with van der Waals surface area (Å²) in [6.45, 7) is 2.59. The van der Waals surface area contributed by atoms with E-state index in [-0.39, 0.29) is 5.56 Å². The normalized spacial score (nSPS) is 14.4. The van der Waals surface area contributed by atoms with Gasteiger partial charge < -0.3 is 4.74 Å². The Morgan fingerprint density at radius 2 is 1.96 bits per heavy atom. The molecule has 0 saturated heterocycles. The molecular weight excluding hydrogens is 320 g/mol. The monoisotopic (exact) mass is 340 g/mol. The van der Waals surface area contributed by atoms with Gasteiger partial charge in [0.25, 0.3) is 5.56 Å². The van der Waals surface area contributed by atoms with Crippen LogP contribution in [0.15, 0.2) is 35.4 Å². The Hall–Kier alpha value is -2.14. The molecule has 0 atom stereocenters. The quantitative estimate of drug-likeness (QED) is 0.674. The van der Waals surface area contributed by atoms with Crippen molar-refractivity contribution in [3.8, 4) is 11.4 Å². The molecule has 3 aromatic rings. The SMILES string of the molecule is CCOc1ccc(-n2cnc3sc4c(c3c2=O)CCCCC4)cc1. The molecule has 2 aromatic heterocycles. The van der Waals surface area contributed by atoms with E-state index in [0.29, 0.717) is 6.61 Å². The summed E-state index contributed by atoms with van der Waals surface area (Å²) in [6.07, 6.45) is 7.36. The lowest BCUT2D eigenvalue weighted by Crippen LogP contribution is -2.19. The topological polar surface area (TPSA) is 44.1 Å². The second kappa shape index (κ2) is 6.40. The zero-order chi connectivity index (χ0) is 16.5. The number of thiophene rings is 1. The molecule has 124 valence electrons. The van der Waals surface area contributed by atoms with E-state index in [0.717, 1.165) is 40.9 Å². The van der Waals surface area contributed by atoms with Crippen molar-refractivity contribution in [3.63, 3.8) is 0 Å². The van der Waals surface area contributed by atoms with Crippen molar-refractivity contribution in [2.75, 3.05) is 6.61 Å². The fourth-order valence-electron chi connectivity index (χ4n) is 3.38. The Morgan fingerprint density at radius 1 is 1.17 bits per heavy atom. The van der Waals surface area contributed by atoms with Crippen molar-refractivity contribution in [1.29, 1.82) is 0 Å². The molecule has 0 spiro atoms. The largest absolute Gasteiger partial charge is 0.494 e. The molecule has 1 aliphatic carbocycles. The van der Waals surface area contributed by atoms with E-state index < -0.39 is 0 Å². The third kappa shape index (κ3) is 2.63. The van der Waals surface area contributed by atoms with E-state index in [1.807, 2.05) is 31.2 Å². The first-order chi connectivity index (χ1) is 11.8. The highest BCUT2D eigenvalue weighted by Gasteiger charge is 2.19. The summed E-state index contributed by atoms with van der Waals surface area (Å²) in [7, 11) is 0. The second-order valence-corrected chi connectivity index (χ2v) is 7.17. The summed E-state index contributed by atoms with van der Waals surface area (Å²) in [5.41, 5.74) is 2.11. The lowest BCUT2D eigenvalue weighted by atomic mass is 10.1. The zero-order valence-electron chi connectivity index (χ0n) is 13.7. The van der Waals surface area contributed by atoms with Gasteiger partial charge in [0, 0.05) is 4.88 Å². The molecule has 24 heavy (non-hydrogen) atoms. The fraction of sp³-hybridized carbons (Fsp3) is 0.368. The number of aryl methyl sites for hydroxylation is 2. The number of fused-ring (bicyclic) bond motifs is 3. The molecule has 4 nitrogen and oxygen atoms in total. The maximum absolute atomic E-state index is 13.1. The van der Waals surface area contributed by atoms with Crippen molar-refractivity contribution < 1.29 is 4.74 Å². The predicted molar refractivity (Wildman–Crippen MR) is 97.6 cm³/mol. The summed E-state index contributed by atoms with van der Waals surface area (Å²) in [6, 6.07) is 7.60. The van der Waals surface area contributed by atoms with Crippen LogP contribution in [0.4, 0.5) is 0 Å². The first kappa shape index (κ1) is 15.4. The Kier molecular flexibility index (Phi) is 4.10. The van der Waals surface area contributed by atoms with Crippen LogP contribution in [-0.4, -0.2) is 16.2 Å². The number of hydrogen-bond acceptors (Lipinski definition) is 4. The van der Waals surface area contributed by atoms with Gasteiger partial charge in [-0.05, 0) is 62.4 Å². The molecule has 0 aliphatic heterocycles. The van der Waals surface area contributed by atoms with Crippen LogP contribution in [-0.2, 0) is 12.8 Å². The van der Waals surface area contributed by atoms with E-state index in [4.69, 9.17) is 4.74 Å². The van der Waals surface area contributed by atoms with Gasteiger partial charge in [0.05, 0.1) is 17.7 Å². The molecule has 2 heterocycles. The molecule has 0 unspecified atom stereocenters. The molecule has 5 heteroatoms. The average Bonchev–Trinajstić information content (AvgIpc) is 2.79. The van der Waals surface area contributed by atoms with E-state index in [1.165, 1.54) is 23.3 Å². The first-order valence-corrected chi connectivity index (χ1v) is 9.34. The van der Waals surface area contributed by atoms with Gasteiger partial charge >= 0.3 is 0 Å². The Morgan fingerprint density at radius 3 is 2.75 bits per heavy atom. The molecule has 0 radical (unpaired) electrons. The van der Waals surface area contributed by atoms with Crippen LogP contribution >= 0.6 is 11.3 Å². The number of ether oxygens (including phenoxy) is 1. The molecular formula is C19H20N2O2S. The van der Waals surface area contributed by atoms with E-state index >= 15 is 0 Å². The van der Waals surface area contributed by atoms with Crippen molar-refractivity contribution in [3.05, 3.63) is 51.4 Å². The summed E-state index contributed by atoms with van der Waals surface area (Å²) < 4.78 is 7.12. The molecule has 0 N–H and O–H groups in total. The second-order valence-electron chi connectivity index (χ2n) is 6.09. The Bertz CT molecular complexity index is 925. The van der Waals surface area contributed by atoms with Gasteiger partial charge in [0.1, 0.15) is 16.9 Å².